The quantitative estimate of drug-likeness (QED) is 0.463. The number of nitrogens with one attached hydrogen (secondary N) is 1. The number of fused-ring (bicyclic) bond motifs is 1. The molecule has 170 valence electrons. The van der Waals surface area contributed by atoms with Crippen molar-refractivity contribution in [2.45, 2.75) is 26.8 Å². The summed E-state index contributed by atoms with van der Waals surface area (Å²) < 4.78 is 2.86. The van der Waals surface area contributed by atoms with Gasteiger partial charge in [-0.15, -0.1) is 0 Å². The maximum Gasteiger partial charge on any atom is 0.330 e. The van der Waals surface area contributed by atoms with Crippen LogP contribution in [0, 0.1) is 6.92 Å². The fraction of sp³-hybridized carbons (Fsp3) is 0.261. The number of nitrogen functional groups attached to an aromatic ring is 1. The number of carbonyl (C=O) groups excluding carboxylic acids is 1. The first-order chi connectivity index (χ1) is 15.8. The molecule has 33 heavy (non-hydrogen) atoms. The highest BCUT2D eigenvalue weighted by Crippen LogP contribution is 2.22. The number of aromatic amines is 1. The standard InChI is InChI=1S/C23H25N7O3/c1-4-12-29(22(32)17-11-10-16-14(2)27-28(3)20(16)25-17)18-19(24)30(23(33)26-21(18)31)13-15-8-6-5-7-9-15/h5-11H,4,12-13,24H2,1-3H3,(H,26,31,33). The third kappa shape index (κ3) is 4.02. The molecule has 0 atom stereocenters. The van der Waals surface area contributed by atoms with Gasteiger partial charge in [-0.3, -0.25) is 28.7 Å². The zero-order valence-electron chi connectivity index (χ0n) is 18.7. The van der Waals surface area contributed by atoms with Crippen molar-refractivity contribution >= 4 is 28.4 Å². The Balaban J connectivity index is 1.81. The van der Waals surface area contributed by atoms with Gasteiger partial charge in [-0.05, 0) is 31.0 Å². The number of nitrogens with zero attached hydrogens (tertiary/aromatic N) is 5. The molecular weight excluding hydrogens is 422 g/mol. The van der Waals surface area contributed by atoms with E-state index >= 15 is 0 Å². The van der Waals surface area contributed by atoms with Gasteiger partial charge in [0.15, 0.2) is 11.3 Å². The fourth-order valence-corrected chi connectivity index (χ4v) is 3.86. The number of aryl methyl sites for hydroxylation is 2. The van der Waals surface area contributed by atoms with Crippen LogP contribution in [0.3, 0.4) is 0 Å². The molecule has 0 radical (unpaired) electrons. The molecule has 0 fully saturated rings. The first-order valence-electron chi connectivity index (χ1n) is 10.6. The summed E-state index contributed by atoms with van der Waals surface area (Å²) in [4.78, 5) is 46.9. The number of pyridine rings is 1. The van der Waals surface area contributed by atoms with E-state index in [1.165, 1.54) is 9.47 Å². The van der Waals surface area contributed by atoms with Gasteiger partial charge in [0.25, 0.3) is 11.5 Å². The highest BCUT2D eigenvalue weighted by Gasteiger charge is 2.26. The number of aromatic nitrogens is 5. The molecule has 3 N–H and O–H groups in total. The molecule has 0 aliphatic rings. The Morgan fingerprint density at radius 2 is 1.88 bits per heavy atom. The third-order valence-electron chi connectivity index (χ3n) is 5.45. The van der Waals surface area contributed by atoms with Crippen molar-refractivity contribution in [3.8, 4) is 0 Å². The Hall–Kier alpha value is -4.21. The molecular formula is C23H25N7O3. The number of hydrogen-bond donors (Lipinski definition) is 2. The topological polar surface area (TPSA) is 132 Å². The van der Waals surface area contributed by atoms with Crippen molar-refractivity contribution in [1.29, 1.82) is 0 Å². The second-order valence-electron chi connectivity index (χ2n) is 7.80. The molecule has 0 bridgehead atoms. The average Bonchev–Trinajstić information content (AvgIpc) is 3.09. The molecule has 0 spiro atoms. The fourth-order valence-electron chi connectivity index (χ4n) is 3.86. The van der Waals surface area contributed by atoms with Gasteiger partial charge < -0.3 is 5.73 Å². The molecule has 0 saturated heterocycles. The molecule has 3 aromatic heterocycles. The molecule has 1 amide bonds. The number of nitrogens with two attached hydrogens (primary N) is 1. The zero-order chi connectivity index (χ0) is 23.7. The molecule has 3 heterocycles. The van der Waals surface area contributed by atoms with E-state index in [9.17, 15) is 14.4 Å². The lowest BCUT2D eigenvalue weighted by Crippen LogP contribution is -2.42. The summed E-state index contributed by atoms with van der Waals surface area (Å²) in [5.41, 5.74) is 7.23. The Kier molecular flexibility index (Phi) is 5.82. The maximum absolute atomic E-state index is 13.5. The lowest BCUT2D eigenvalue weighted by Gasteiger charge is -2.24. The summed E-state index contributed by atoms with van der Waals surface area (Å²) >= 11 is 0. The highest BCUT2D eigenvalue weighted by molar-refractivity contribution is 6.06. The van der Waals surface area contributed by atoms with E-state index in [0.717, 1.165) is 16.6 Å². The van der Waals surface area contributed by atoms with E-state index in [1.54, 1.807) is 23.9 Å². The van der Waals surface area contributed by atoms with E-state index in [-0.39, 0.29) is 30.3 Å². The van der Waals surface area contributed by atoms with E-state index in [2.05, 4.69) is 15.1 Å². The Morgan fingerprint density at radius 3 is 2.58 bits per heavy atom. The summed E-state index contributed by atoms with van der Waals surface area (Å²) in [5, 5.41) is 5.17. The van der Waals surface area contributed by atoms with E-state index in [4.69, 9.17) is 5.73 Å². The largest absolute Gasteiger partial charge is 0.383 e. The number of hydrogen-bond acceptors (Lipinski definition) is 6. The van der Waals surface area contributed by atoms with Gasteiger partial charge in [0, 0.05) is 19.0 Å². The van der Waals surface area contributed by atoms with E-state index < -0.39 is 17.2 Å². The minimum atomic E-state index is -0.721. The molecule has 10 nitrogen and oxygen atoms in total. The van der Waals surface area contributed by atoms with Crippen LogP contribution in [-0.2, 0) is 13.6 Å². The molecule has 10 heteroatoms. The number of anilines is 2. The number of amides is 1. The van der Waals surface area contributed by atoms with Crippen LogP contribution in [0.25, 0.3) is 11.0 Å². The number of H-pyrrole nitrogens is 1. The van der Waals surface area contributed by atoms with Gasteiger partial charge >= 0.3 is 5.69 Å². The van der Waals surface area contributed by atoms with Crippen molar-refractivity contribution in [3.63, 3.8) is 0 Å². The molecule has 0 saturated carbocycles. The molecule has 1 aromatic carbocycles. The minimum absolute atomic E-state index is 0.0690. The number of rotatable bonds is 6. The van der Waals surface area contributed by atoms with Crippen LogP contribution in [-0.4, -0.2) is 36.8 Å². The first kappa shape index (κ1) is 22.0. The Bertz CT molecular complexity index is 1450. The molecule has 4 rings (SSSR count). The van der Waals surface area contributed by atoms with Crippen molar-refractivity contribution in [1.82, 2.24) is 24.3 Å². The predicted octanol–water partition coefficient (Wildman–Crippen LogP) is 1.81. The van der Waals surface area contributed by atoms with Crippen LogP contribution in [0.2, 0.25) is 0 Å². The van der Waals surface area contributed by atoms with E-state index in [0.29, 0.717) is 12.1 Å². The lowest BCUT2D eigenvalue weighted by atomic mass is 10.2. The van der Waals surface area contributed by atoms with Crippen LogP contribution in [0.1, 0.15) is 35.1 Å². The molecule has 0 unspecified atom stereocenters. The smallest absolute Gasteiger partial charge is 0.330 e. The summed E-state index contributed by atoms with van der Waals surface area (Å²) in [7, 11) is 1.75. The first-order valence-corrected chi connectivity index (χ1v) is 10.6. The van der Waals surface area contributed by atoms with Gasteiger partial charge in [0.1, 0.15) is 11.5 Å². The number of carbonyl (C=O) groups is 1. The summed E-state index contributed by atoms with van der Waals surface area (Å²) in [6.45, 7) is 4.12. The van der Waals surface area contributed by atoms with Crippen molar-refractivity contribution in [2.24, 2.45) is 7.05 Å². The molecule has 0 aliphatic carbocycles. The monoisotopic (exact) mass is 447 g/mol. The highest BCUT2D eigenvalue weighted by atomic mass is 16.2. The van der Waals surface area contributed by atoms with Crippen LogP contribution in [0.15, 0.2) is 52.1 Å². The second kappa shape index (κ2) is 8.73. The van der Waals surface area contributed by atoms with Crippen molar-refractivity contribution in [3.05, 3.63) is 80.3 Å². The van der Waals surface area contributed by atoms with Crippen LogP contribution in [0.5, 0.6) is 0 Å². The summed E-state index contributed by atoms with van der Waals surface area (Å²) in [5.74, 6) is -0.563. The normalized spacial score (nSPS) is 11.1. The molecule has 0 aliphatic heterocycles. The zero-order valence-corrected chi connectivity index (χ0v) is 18.7. The molecule has 4 aromatic rings. The Labute approximate surface area is 189 Å². The maximum atomic E-state index is 13.5. The minimum Gasteiger partial charge on any atom is -0.383 e. The van der Waals surface area contributed by atoms with Gasteiger partial charge in [-0.1, -0.05) is 37.3 Å². The SMILES string of the molecule is CCCN(C(=O)c1ccc2c(C)nn(C)c2n1)c1c(N)n(Cc2ccccc2)c(=O)[nH]c1=O. The van der Waals surface area contributed by atoms with Gasteiger partial charge in [-0.2, -0.15) is 5.10 Å². The summed E-state index contributed by atoms with van der Waals surface area (Å²) in [6, 6.07) is 12.6. The van der Waals surface area contributed by atoms with Crippen molar-refractivity contribution in [2.75, 3.05) is 17.2 Å². The van der Waals surface area contributed by atoms with Gasteiger partial charge in [0.05, 0.1) is 12.2 Å². The van der Waals surface area contributed by atoms with Gasteiger partial charge in [0.2, 0.25) is 0 Å². The number of benzene rings is 1. The van der Waals surface area contributed by atoms with Crippen LogP contribution >= 0.6 is 0 Å². The lowest BCUT2D eigenvalue weighted by molar-refractivity contribution is 0.0982. The van der Waals surface area contributed by atoms with Crippen LogP contribution < -0.4 is 21.9 Å². The predicted molar refractivity (Wildman–Crippen MR) is 126 cm³/mol. The Morgan fingerprint density at radius 1 is 1.15 bits per heavy atom. The van der Waals surface area contributed by atoms with Gasteiger partial charge in [-0.25, -0.2) is 9.78 Å². The third-order valence-corrected chi connectivity index (χ3v) is 5.45. The van der Waals surface area contributed by atoms with E-state index in [1.807, 2.05) is 44.2 Å². The second-order valence-corrected chi connectivity index (χ2v) is 7.80. The average molecular weight is 447 g/mol. The van der Waals surface area contributed by atoms with Crippen molar-refractivity contribution < 1.29 is 4.79 Å². The van der Waals surface area contributed by atoms with Crippen LogP contribution in [0.4, 0.5) is 11.5 Å². The summed E-state index contributed by atoms with van der Waals surface area (Å²) in [6.07, 6.45) is 0.565.